The lowest BCUT2D eigenvalue weighted by Gasteiger charge is -2.06. The van der Waals surface area contributed by atoms with Crippen LogP contribution in [0.3, 0.4) is 0 Å². The zero-order valence-electron chi connectivity index (χ0n) is 18.3. The first kappa shape index (κ1) is 22.5. The minimum Gasteiger partial charge on any atom is -0.496 e. The Bertz CT molecular complexity index is 1240. The Balaban J connectivity index is 1.23. The highest BCUT2D eigenvalue weighted by Crippen LogP contribution is 2.32. The molecule has 8 nitrogen and oxygen atoms in total. The molecule has 0 fully saturated rings. The summed E-state index contributed by atoms with van der Waals surface area (Å²) >= 11 is 1.45. The van der Waals surface area contributed by atoms with Crippen LogP contribution in [-0.2, 0) is 4.79 Å². The Hall–Kier alpha value is -3.72. The van der Waals surface area contributed by atoms with Crippen LogP contribution in [0.5, 0.6) is 5.75 Å². The molecule has 0 atom stereocenters. The lowest BCUT2D eigenvalue weighted by atomic mass is 10.1. The smallest absolute Gasteiger partial charge is 0.251 e. The van der Waals surface area contributed by atoms with Gasteiger partial charge in [0.15, 0.2) is 0 Å². The molecule has 0 radical (unpaired) electrons. The molecular weight excluding hydrogens is 438 g/mol. The highest BCUT2D eigenvalue weighted by atomic mass is 32.1. The third-order valence-corrected chi connectivity index (χ3v) is 5.93. The summed E-state index contributed by atoms with van der Waals surface area (Å²) in [5.41, 5.74) is 2.42. The van der Waals surface area contributed by atoms with E-state index < -0.39 is 0 Å². The number of fused-ring (bicyclic) bond motifs is 1. The van der Waals surface area contributed by atoms with Crippen LogP contribution in [0.25, 0.3) is 16.2 Å². The lowest BCUT2D eigenvalue weighted by molar-refractivity contribution is -0.116. The van der Waals surface area contributed by atoms with Crippen LogP contribution in [-0.4, -0.2) is 40.1 Å². The molecule has 4 rings (SSSR count). The predicted molar refractivity (Wildman–Crippen MR) is 129 cm³/mol. The number of methoxy groups -OCH3 is 1. The number of nitrogens with zero attached hydrogens (tertiary/aromatic N) is 3. The van der Waals surface area contributed by atoms with E-state index in [2.05, 4.69) is 20.7 Å². The number of hydrogen-bond acceptors (Lipinski definition) is 6. The molecule has 0 aliphatic rings. The maximum Gasteiger partial charge on any atom is 0.251 e. The third-order valence-electron chi connectivity index (χ3n) is 5.12. The van der Waals surface area contributed by atoms with Gasteiger partial charge in [-0.25, -0.2) is 4.52 Å². The van der Waals surface area contributed by atoms with E-state index in [1.165, 1.54) is 11.3 Å². The van der Waals surface area contributed by atoms with E-state index in [1.54, 1.807) is 23.8 Å². The summed E-state index contributed by atoms with van der Waals surface area (Å²) in [6, 6.07) is 16.8. The Morgan fingerprint density at radius 3 is 2.64 bits per heavy atom. The minimum absolute atomic E-state index is 0.0772. The number of para-hydroxylation sites is 1. The second kappa shape index (κ2) is 10.7. The normalized spacial score (nSPS) is 10.8. The third kappa shape index (κ3) is 5.56. The maximum atomic E-state index is 12.3. The van der Waals surface area contributed by atoms with Crippen LogP contribution in [0.2, 0.25) is 0 Å². The van der Waals surface area contributed by atoms with Crippen molar-refractivity contribution in [3.63, 3.8) is 0 Å². The van der Waals surface area contributed by atoms with Gasteiger partial charge >= 0.3 is 0 Å². The van der Waals surface area contributed by atoms with Crippen LogP contribution in [0.1, 0.15) is 36.0 Å². The van der Waals surface area contributed by atoms with Crippen molar-refractivity contribution in [3.8, 4) is 17.0 Å². The summed E-state index contributed by atoms with van der Waals surface area (Å²) in [5, 5.41) is 12.1. The van der Waals surface area contributed by atoms with Crippen molar-refractivity contribution in [1.29, 1.82) is 0 Å². The molecule has 2 amide bonds. The molecule has 4 aromatic rings. The summed E-state index contributed by atoms with van der Waals surface area (Å²) in [6.45, 7) is 0.583. The van der Waals surface area contributed by atoms with Gasteiger partial charge in [0.1, 0.15) is 5.75 Å². The van der Waals surface area contributed by atoms with Gasteiger partial charge in [-0.2, -0.15) is 4.98 Å². The number of hydrogen-bond donors (Lipinski definition) is 2. The Labute approximate surface area is 195 Å². The molecule has 9 heteroatoms. The standard InChI is InChI=1S/C24H25N5O3S/c1-32-20-13-8-7-12-18(20)19-16-33-24-27-23(28-29(19)24)26-21(30)14-6-3-9-15-25-22(31)17-10-4-2-5-11-17/h2,4-5,7-8,10-13,16H,3,6,9,14-15H2,1H3,(H,25,31)(H,26,28,30). The van der Waals surface area contributed by atoms with Gasteiger partial charge in [-0.1, -0.05) is 36.8 Å². The fourth-order valence-electron chi connectivity index (χ4n) is 3.44. The molecule has 0 aliphatic heterocycles. The van der Waals surface area contributed by atoms with Crippen molar-refractivity contribution in [3.05, 3.63) is 65.5 Å². The van der Waals surface area contributed by atoms with E-state index in [0.29, 0.717) is 23.5 Å². The molecule has 170 valence electrons. The van der Waals surface area contributed by atoms with Gasteiger partial charge in [0.2, 0.25) is 16.8 Å². The molecule has 0 bridgehead atoms. The molecule has 33 heavy (non-hydrogen) atoms. The topological polar surface area (TPSA) is 97.6 Å². The number of amides is 2. The lowest BCUT2D eigenvalue weighted by Crippen LogP contribution is -2.24. The number of anilines is 1. The number of rotatable bonds is 10. The average Bonchev–Trinajstić information content (AvgIpc) is 3.41. The maximum absolute atomic E-state index is 12.3. The first-order valence-electron chi connectivity index (χ1n) is 10.8. The number of ether oxygens (including phenoxy) is 1. The van der Waals surface area contributed by atoms with Gasteiger partial charge in [-0.3, -0.25) is 14.9 Å². The van der Waals surface area contributed by atoms with Crippen molar-refractivity contribution >= 4 is 34.1 Å². The van der Waals surface area contributed by atoms with Gasteiger partial charge in [0.05, 0.1) is 12.8 Å². The van der Waals surface area contributed by atoms with Crippen molar-refractivity contribution in [1.82, 2.24) is 19.9 Å². The molecule has 0 saturated heterocycles. The summed E-state index contributed by atoms with van der Waals surface area (Å²) in [6.07, 6.45) is 2.75. The summed E-state index contributed by atoms with van der Waals surface area (Å²) in [4.78, 5) is 29.4. The Morgan fingerprint density at radius 2 is 1.82 bits per heavy atom. The summed E-state index contributed by atoms with van der Waals surface area (Å²) in [5.74, 6) is 0.837. The molecule has 2 heterocycles. The van der Waals surface area contributed by atoms with Crippen LogP contribution < -0.4 is 15.4 Å². The molecule has 2 aromatic heterocycles. The summed E-state index contributed by atoms with van der Waals surface area (Å²) < 4.78 is 7.16. The van der Waals surface area contributed by atoms with Crippen LogP contribution in [0, 0.1) is 0 Å². The van der Waals surface area contributed by atoms with Gasteiger partial charge in [-0.05, 0) is 37.1 Å². The average molecular weight is 464 g/mol. The number of carbonyl (C=O) groups is 2. The monoisotopic (exact) mass is 463 g/mol. The van der Waals surface area contributed by atoms with E-state index >= 15 is 0 Å². The first-order valence-corrected chi connectivity index (χ1v) is 11.6. The van der Waals surface area contributed by atoms with E-state index in [1.807, 2.05) is 47.8 Å². The number of nitrogens with one attached hydrogen (secondary N) is 2. The van der Waals surface area contributed by atoms with Crippen LogP contribution >= 0.6 is 11.3 Å². The number of unbranched alkanes of at least 4 members (excludes halogenated alkanes) is 2. The molecule has 2 N–H and O–H groups in total. The van der Waals surface area contributed by atoms with Gasteiger partial charge in [0.25, 0.3) is 5.91 Å². The van der Waals surface area contributed by atoms with Gasteiger partial charge in [-0.15, -0.1) is 16.4 Å². The van der Waals surface area contributed by atoms with E-state index in [4.69, 9.17) is 4.74 Å². The van der Waals surface area contributed by atoms with Crippen molar-refractivity contribution in [2.75, 3.05) is 19.0 Å². The SMILES string of the molecule is COc1ccccc1-c1csc2nc(NC(=O)CCCCCNC(=O)c3ccccc3)nn12. The van der Waals surface area contributed by atoms with E-state index in [9.17, 15) is 9.59 Å². The predicted octanol–water partition coefficient (Wildman–Crippen LogP) is 4.40. The minimum atomic E-state index is -0.125. The van der Waals surface area contributed by atoms with Gasteiger partial charge in [0, 0.05) is 29.5 Å². The largest absolute Gasteiger partial charge is 0.496 e. The highest BCUT2D eigenvalue weighted by molar-refractivity contribution is 7.15. The number of benzene rings is 2. The van der Waals surface area contributed by atoms with Crippen molar-refractivity contribution in [2.24, 2.45) is 0 Å². The Morgan fingerprint density at radius 1 is 1.03 bits per heavy atom. The quantitative estimate of drug-likeness (QED) is 0.340. The zero-order valence-corrected chi connectivity index (χ0v) is 19.1. The second-order valence-corrected chi connectivity index (χ2v) is 8.27. The molecular formula is C24H25N5O3S. The summed E-state index contributed by atoms with van der Waals surface area (Å²) in [7, 11) is 1.63. The molecule has 0 spiro atoms. The van der Waals surface area contributed by atoms with Gasteiger partial charge < -0.3 is 10.1 Å². The molecule has 2 aromatic carbocycles. The molecule has 0 saturated carbocycles. The van der Waals surface area contributed by atoms with Crippen molar-refractivity contribution < 1.29 is 14.3 Å². The molecule has 0 unspecified atom stereocenters. The fraction of sp³-hybridized carbons (Fsp3) is 0.250. The van der Waals surface area contributed by atoms with E-state index in [-0.39, 0.29) is 17.8 Å². The van der Waals surface area contributed by atoms with Crippen LogP contribution in [0.4, 0.5) is 5.95 Å². The number of aromatic nitrogens is 3. The zero-order chi connectivity index (χ0) is 23.0. The Kier molecular flexibility index (Phi) is 7.31. The second-order valence-electron chi connectivity index (χ2n) is 7.43. The fourth-order valence-corrected chi connectivity index (χ4v) is 4.27. The highest BCUT2D eigenvalue weighted by Gasteiger charge is 2.15. The first-order chi connectivity index (χ1) is 16.2. The van der Waals surface area contributed by atoms with Crippen molar-refractivity contribution in [2.45, 2.75) is 25.7 Å². The number of thiazole rings is 1. The molecule has 0 aliphatic carbocycles. The number of carbonyl (C=O) groups excluding carboxylic acids is 2. The van der Waals surface area contributed by atoms with Crippen LogP contribution in [0.15, 0.2) is 60.0 Å². The van der Waals surface area contributed by atoms with E-state index in [0.717, 1.165) is 36.3 Å².